The molecule has 1 saturated carbocycles. The molecular formula is C21H19FN4O2. The lowest BCUT2D eigenvalue weighted by Gasteiger charge is -2.08. The minimum atomic E-state index is -0.421. The first-order valence-electron chi connectivity index (χ1n) is 9.16. The molecule has 1 amide bonds. The van der Waals surface area contributed by atoms with Crippen LogP contribution >= 0.6 is 0 Å². The van der Waals surface area contributed by atoms with Gasteiger partial charge >= 0.3 is 0 Å². The average molecular weight is 378 g/mol. The maximum atomic E-state index is 13.3. The van der Waals surface area contributed by atoms with Crippen molar-refractivity contribution in [1.29, 1.82) is 0 Å². The summed E-state index contributed by atoms with van der Waals surface area (Å²) in [5, 5.41) is 6.85. The van der Waals surface area contributed by atoms with Crippen molar-refractivity contribution in [3.63, 3.8) is 0 Å². The van der Waals surface area contributed by atoms with Gasteiger partial charge in [-0.15, -0.1) is 0 Å². The lowest BCUT2D eigenvalue weighted by Crippen LogP contribution is -2.26. The van der Waals surface area contributed by atoms with Gasteiger partial charge in [-0.25, -0.2) is 14.1 Å². The van der Waals surface area contributed by atoms with E-state index in [2.05, 4.69) is 15.4 Å². The molecule has 0 spiro atoms. The third-order valence-electron chi connectivity index (χ3n) is 4.59. The molecule has 4 rings (SSSR count). The molecule has 0 atom stereocenters. The standard InChI is InChI=1S/C21H19FN4O2/c22-17-3-1-2-15(11-17)10-16-6-8-19(23-12-16)24-21(28)18-7-9-20(27)26(25-18)13-14-4-5-14/h1-3,6-9,11-12,14H,4-5,10,13H2,(H,23,24,28). The van der Waals surface area contributed by atoms with Crippen LogP contribution in [0.15, 0.2) is 59.5 Å². The summed E-state index contributed by atoms with van der Waals surface area (Å²) in [5.74, 6) is 0.172. The van der Waals surface area contributed by atoms with Gasteiger partial charge in [-0.3, -0.25) is 9.59 Å². The molecule has 0 aliphatic heterocycles. The smallest absolute Gasteiger partial charge is 0.277 e. The van der Waals surface area contributed by atoms with Crippen molar-refractivity contribution in [3.8, 4) is 0 Å². The summed E-state index contributed by atoms with van der Waals surface area (Å²) in [6, 6.07) is 12.7. The van der Waals surface area contributed by atoms with E-state index in [-0.39, 0.29) is 17.1 Å². The molecule has 28 heavy (non-hydrogen) atoms. The van der Waals surface area contributed by atoms with E-state index >= 15 is 0 Å². The van der Waals surface area contributed by atoms with Crippen molar-refractivity contribution in [2.75, 3.05) is 5.32 Å². The number of amides is 1. The van der Waals surface area contributed by atoms with Crippen LogP contribution < -0.4 is 10.9 Å². The first-order valence-corrected chi connectivity index (χ1v) is 9.16. The van der Waals surface area contributed by atoms with E-state index in [0.717, 1.165) is 24.0 Å². The summed E-state index contributed by atoms with van der Waals surface area (Å²) in [6.07, 6.45) is 4.38. The molecule has 1 aliphatic carbocycles. The quantitative estimate of drug-likeness (QED) is 0.715. The largest absolute Gasteiger partial charge is 0.305 e. The maximum absolute atomic E-state index is 13.3. The predicted molar refractivity (Wildman–Crippen MR) is 103 cm³/mol. The minimum Gasteiger partial charge on any atom is -0.305 e. The number of rotatable bonds is 6. The van der Waals surface area contributed by atoms with Gasteiger partial charge in [0.25, 0.3) is 11.5 Å². The van der Waals surface area contributed by atoms with Gasteiger partial charge in [-0.05, 0) is 60.6 Å². The molecule has 7 heteroatoms. The second kappa shape index (κ2) is 7.72. The van der Waals surface area contributed by atoms with E-state index in [4.69, 9.17) is 0 Å². The number of carbonyl (C=O) groups excluding carboxylic acids is 1. The number of pyridine rings is 1. The van der Waals surface area contributed by atoms with Crippen molar-refractivity contribution in [2.45, 2.75) is 25.8 Å². The lowest BCUT2D eigenvalue weighted by atomic mass is 10.1. The molecule has 1 aliphatic rings. The molecule has 1 N–H and O–H groups in total. The van der Waals surface area contributed by atoms with Crippen LogP contribution in [0.3, 0.4) is 0 Å². The van der Waals surface area contributed by atoms with E-state index < -0.39 is 5.91 Å². The van der Waals surface area contributed by atoms with Gasteiger partial charge in [0.2, 0.25) is 0 Å². The fourth-order valence-electron chi connectivity index (χ4n) is 2.91. The Labute approximate surface area is 161 Å². The highest BCUT2D eigenvalue weighted by atomic mass is 19.1. The number of hydrogen-bond acceptors (Lipinski definition) is 4. The Morgan fingerprint density at radius 1 is 1.14 bits per heavy atom. The fraction of sp³-hybridized carbons (Fsp3) is 0.238. The molecule has 6 nitrogen and oxygen atoms in total. The number of anilines is 1. The Balaban J connectivity index is 1.42. The van der Waals surface area contributed by atoms with Crippen LogP contribution in [0.5, 0.6) is 0 Å². The van der Waals surface area contributed by atoms with E-state index in [0.29, 0.717) is 24.7 Å². The summed E-state index contributed by atoms with van der Waals surface area (Å²) in [5.41, 5.74) is 1.72. The molecule has 2 aromatic heterocycles. The first-order chi connectivity index (χ1) is 13.6. The molecule has 0 bridgehead atoms. The number of benzene rings is 1. The zero-order valence-corrected chi connectivity index (χ0v) is 15.1. The molecule has 1 fully saturated rings. The second-order valence-electron chi connectivity index (χ2n) is 6.99. The first kappa shape index (κ1) is 18.0. The molecule has 3 aromatic rings. The lowest BCUT2D eigenvalue weighted by molar-refractivity contribution is 0.101. The highest BCUT2D eigenvalue weighted by Crippen LogP contribution is 2.29. The fourth-order valence-corrected chi connectivity index (χ4v) is 2.91. The summed E-state index contributed by atoms with van der Waals surface area (Å²) < 4.78 is 14.6. The summed E-state index contributed by atoms with van der Waals surface area (Å²) in [6.45, 7) is 0.549. The molecular weight excluding hydrogens is 359 g/mol. The van der Waals surface area contributed by atoms with Crippen molar-refractivity contribution in [1.82, 2.24) is 14.8 Å². The Kier molecular flexibility index (Phi) is 4.97. The van der Waals surface area contributed by atoms with Gasteiger partial charge in [0.05, 0.1) is 0 Å². The number of hydrogen-bond donors (Lipinski definition) is 1. The van der Waals surface area contributed by atoms with Crippen LogP contribution in [0.1, 0.15) is 34.5 Å². The Morgan fingerprint density at radius 2 is 2.00 bits per heavy atom. The van der Waals surface area contributed by atoms with Crippen LogP contribution in [0, 0.1) is 11.7 Å². The Hall–Kier alpha value is -3.35. The minimum absolute atomic E-state index is 0.172. The molecule has 0 radical (unpaired) electrons. The molecule has 0 saturated heterocycles. The van der Waals surface area contributed by atoms with E-state index in [9.17, 15) is 14.0 Å². The topological polar surface area (TPSA) is 76.9 Å². The SMILES string of the molecule is O=C(Nc1ccc(Cc2cccc(F)c2)cn1)c1ccc(=O)n(CC2CC2)n1. The summed E-state index contributed by atoms with van der Waals surface area (Å²) >= 11 is 0. The van der Waals surface area contributed by atoms with Crippen LogP contribution in [-0.2, 0) is 13.0 Å². The Morgan fingerprint density at radius 3 is 2.71 bits per heavy atom. The van der Waals surface area contributed by atoms with Crippen LogP contribution in [0.2, 0.25) is 0 Å². The molecule has 142 valence electrons. The van der Waals surface area contributed by atoms with Gasteiger partial charge in [0.15, 0.2) is 0 Å². The predicted octanol–water partition coefficient (Wildman–Crippen LogP) is 3.03. The van der Waals surface area contributed by atoms with E-state index in [1.807, 2.05) is 12.1 Å². The number of halogens is 1. The second-order valence-corrected chi connectivity index (χ2v) is 6.99. The zero-order valence-electron chi connectivity index (χ0n) is 15.1. The number of nitrogens with zero attached hydrogens (tertiary/aromatic N) is 3. The summed E-state index contributed by atoms with van der Waals surface area (Å²) in [7, 11) is 0. The van der Waals surface area contributed by atoms with Crippen molar-refractivity contribution in [3.05, 3.63) is 87.7 Å². The van der Waals surface area contributed by atoms with Gasteiger partial charge < -0.3 is 5.32 Å². The van der Waals surface area contributed by atoms with E-state index in [1.165, 1.54) is 28.9 Å². The van der Waals surface area contributed by atoms with Crippen LogP contribution in [0.25, 0.3) is 0 Å². The number of nitrogens with one attached hydrogen (secondary N) is 1. The van der Waals surface area contributed by atoms with E-state index in [1.54, 1.807) is 18.3 Å². The van der Waals surface area contributed by atoms with Crippen molar-refractivity contribution < 1.29 is 9.18 Å². The highest BCUT2D eigenvalue weighted by Gasteiger charge is 2.23. The van der Waals surface area contributed by atoms with Gasteiger partial charge in [0.1, 0.15) is 17.3 Å². The van der Waals surface area contributed by atoms with Crippen molar-refractivity contribution >= 4 is 11.7 Å². The number of aromatic nitrogens is 3. The van der Waals surface area contributed by atoms with Crippen LogP contribution in [0.4, 0.5) is 10.2 Å². The van der Waals surface area contributed by atoms with Gasteiger partial charge in [-0.1, -0.05) is 18.2 Å². The number of carbonyl (C=O) groups is 1. The monoisotopic (exact) mass is 378 g/mol. The molecule has 0 unspecified atom stereocenters. The van der Waals surface area contributed by atoms with Gasteiger partial charge in [0, 0.05) is 18.8 Å². The molecule has 2 heterocycles. The third-order valence-corrected chi connectivity index (χ3v) is 4.59. The normalized spacial score (nSPS) is 13.3. The highest BCUT2D eigenvalue weighted by molar-refractivity contribution is 6.02. The maximum Gasteiger partial charge on any atom is 0.277 e. The van der Waals surface area contributed by atoms with Gasteiger partial charge in [-0.2, -0.15) is 5.10 Å². The Bertz CT molecular complexity index is 1060. The van der Waals surface area contributed by atoms with Crippen LogP contribution in [-0.4, -0.2) is 20.7 Å². The van der Waals surface area contributed by atoms with Crippen molar-refractivity contribution in [2.24, 2.45) is 5.92 Å². The third kappa shape index (κ3) is 4.49. The molecule has 1 aromatic carbocycles. The zero-order chi connectivity index (χ0) is 19.5. The average Bonchev–Trinajstić information content (AvgIpc) is 3.49. The summed E-state index contributed by atoms with van der Waals surface area (Å²) in [4.78, 5) is 28.5.